The molecule has 1 atom stereocenters. The standard InChI is InChI=1S/C15H17Cl2NS/c1-9-6-13(19-11(9)3)8-18-10(2)14-5-4-12(16)7-15(14)17/h4-7,10,18H,8H2,1-3H3. The SMILES string of the molecule is Cc1cc(CNC(C)c2ccc(Cl)cc2Cl)sc1C. The number of hydrogen-bond donors (Lipinski definition) is 1. The van der Waals surface area contributed by atoms with Crippen molar-refractivity contribution in [2.75, 3.05) is 0 Å². The van der Waals surface area contributed by atoms with E-state index in [9.17, 15) is 0 Å². The van der Waals surface area contributed by atoms with Crippen molar-refractivity contribution >= 4 is 34.5 Å². The van der Waals surface area contributed by atoms with Crippen molar-refractivity contribution in [1.29, 1.82) is 0 Å². The first-order valence-electron chi connectivity index (χ1n) is 6.21. The first-order valence-corrected chi connectivity index (χ1v) is 7.79. The smallest absolute Gasteiger partial charge is 0.0468 e. The van der Waals surface area contributed by atoms with E-state index in [4.69, 9.17) is 23.2 Å². The van der Waals surface area contributed by atoms with E-state index in [0.717, 1.165) is 12.1 Å². The van der Waals surface area contributed by atoms with Gasteiger partial charge in [0, 0.05) is 32.4 Å². The summed E-state index contributed by atoms with van der Waals surface area (Å²) in [7, 11) is 0. The summed E-state index contributed by atoms with van der Waals surface area (Å²) in [5.41, 5.74) is 2.44. The van der Waals surface area contributed by atoms with Gasteiger partial charge in [-0.15, -0.1) is 11.3 Å². The average Bonchev–Trinajstić information content (AvgIpc) is 2.66. The van der Waals surface area contributed by atoms with Crippen LogP contribution in [-0.4, -0.2) is 0 Å². The Morgan fingerprint density at radius 2 is 1.95 bits per heavy atom. The molecule has 1 heterocycles. The van der Waals surface area contributed by atoms with Gasteiger partial charge in [0.15, 0.2) is 0 Å². The van der Waals surface area contributed by atoms with E-state index in [0.29, 0.717) is 10.0 Å². The number of hydrogen-bond acceptors (Lipinski definition) is 2. The Morgan fingerprint density at radius 3 is 2.53 bits per heavy atom. The number of aryl methyl sites for hydroxylation is 2. The zero-order chi connectivity index (χ0) is 14.0. The summed E-state index contributed by atoms with van der Waals surface area (Å²) >= 11 is 14.0. The summed E-state index contributed by atoms with van der Waals surface area (Å²) < 4.78 is 0. The molecular weight excluding hydrogens is 297 g/mol. The lowest BCUT2D eigenvalue weighted by Gasteiger charge is -2.15. The molecule has 2 aromatic rings. The Bertz CT molecular complexity index is 558. The maximum absolute atomic E-state index is 6.21. The zero-order valence-electron chi connectivity index (χ0n) is 11.3. The average molecular weight is 314 g/mol. The molecule has 102 valence electrons. The summed E-state index contributed by atoms with van der Waals surface area (Å²) in [6, 6.07) is 8.08. The number of rotatable bonds is 4. The van der Waals surface area contributed by atoms with E-state index < -0.39 is 0 Å². The van der Waals surface area contributed by atoms with Crippen LogP contribution in [0.4, 0.5) is 0 Å². The van der Waals surface area contributed by atoms with Crippen molar-refractivity contribution in [2.45, 2.75) is 33.4 Å². The second-order valence-corrected chi connectivity index (χ2v) is 6.90. The molecule has 0 bridgehead atoms. The van der Waals surface area contributed by atoms with Gasteiger partial charge < -0.3 is 5.32 Å². The minimum Gasteiger partial charge on any atom is -0.305 e. The van der Waals surface area contributed by atoms with Crippen LogP contribution in [0.2, 0.25) is 10.0 Å². The number of benzene rings is 1. The molecule has 1 N–H and O–H groups in total. The molecule has 2 rings (SSSR count). The van der Waals surface area contributed by atoms with Gasteiger partial charge in [0.25, 0.3) is 0 Å². The number of thiophene rings is 1. The molecule has 0 amide bonds. The van der Waals surface area contributed by atoms with Gasteiger partial charge in [-0.05, 0) is 50.1 Å². The van der Waals surface area contributed by atoms with Gasteiger partial charge in [0.1, 0.15) is 0 Å². The first-order chi connectivity index (χ1) is 8.97. The lowest BCUT2D eigenvalue weighted by atomic mass is 10.1. The molecule has 4 heteroatoms. The molecule has 0 saturated carbocycles. The van der Waals surface area contributed by atoms with Crippen LogP contribution in [0.5, 0.6) is 0 Å². The molecule has 0 saturated heterocycles. The highest BCUT2D eigenvalue weighted by molar-refractivity contribution is 7.12. The van der Waals surface area contributed by atoms with Crippen LogP contribution < -0.4 is 5.32 Å². The van der Waals surface area contributed by atoms with Crippen molar-refractivity contribution in [3.8, 4) is 0 Å². The highest BCUT2D eigenvalue weighted by Gasteiger charge is 2.10. The Morgan fingerprint density at radius 1 is 1.21 bits per heavy atom. The van der Waals surface area contributed by atoms with Crippen molar-refractivity contribution in [3.63, 3.8) is 0 Å². The molecule has 0 aliphatic rings. The fourth-order valence-corrected chi connectivity index (χ4v) is 3.53. The van der Waals surface area contributed by atoms with Gasteiger partial charge in [0.2, 0.25) is 0 Å². The molecular formula is C15H17Cl2NS. The minimum absolute atomic E-state index is 0.201. The van der Waals surface area contributed by atoms with Crippen LogP contribution in [0.15, 0.2) is 24.3 Å². The predicted molar refractivity (Wildman–Crippen MR) is 85.5 cm³/mol. The quantitative estimate of drug-likeness (QED) is 0.783. The lowest BCUT2D eigenvalue weighted by Crippen LogP contribution is -2.17. The molecule has 0 radical (unpaired) electrons. The van der Waals surface area contributed by atoms with Gasteiger partial charge in [-0.1, -0.05) is 29.3 Å². The normalized spacial score (nSPS) is 12.7. The van der Waals surface area contributed by atoms with Crippen LogP contribution in [0.3, 0.4) is 0 Å². The largest absolute Gasteiger partial charge is 0.305 e. The second kappa shape index (κ2) is 6.27. The van der Waals surface area contributed by atoms with Crippen LogP contribution in [0.25, 0.3) is 0 Å². The van der Waals surface area contributed by atoms with E-state index in [1.807, 2.05) is 23.5 Å². The van der Waals surface area contributed by atoms with Crippen LogP contribution in [0, 0.1) is 13.8 Å². The molecule has 1 aromatic carbocycles. The third-order valence-corrected chi connectivity index (χ3v) is 4.94. The first kappa shape index (κ1) is 14.9. The van der Waals surface area contributed by atoms with E-state index in [2.05, 4.69) is 32.2 Å². The lowest BCUT2D eigenvalue weighted by molar-refractivity contribution is 0.579. The molecule has 1 aromatic heterocycles. The summed E-state index contributed by atoms with van der Waals surface area (Å²) in [4.78, 5) is 2.74. The highest BCUT2D eigenvalue weighted by atomic mass is 35.5. The fourth-order valence-electron chi connectivity index (χ4n) is 1.95. The van der Waals surface area contributed by atoms with Crippen LogP contribution >= 0.6 is 34.5 Å². The Balaban J connectivity index is 2.03. The van der Waals surface area contributed by atoms with Gasteiger partial charge in [-0.25, -0.2) is 0 Å². The number of nitrogens with one attached hydrogen (secondary N) is 1. The third kappa shape index (κ3) is 3.73. The minimum atomic E-state index is 0.201. The summed E-state index contributed by atoms with van der Waals surface area (Å²) in [5, 5.41) is 4.88. The second-order valence-electron chi connectivity index (χ2n) is 4.72. The Labute approximate surface area is 128 Å². The summed E-state index contributed by atoms with van der Waals surface area (Å²) in [5.74, 6) is 0. The number of halogens is 2. The van der Waals surface area contributed by atoms with E-state index >= 15 is 0 Å². The Kier molecular flexibility index (Phi) is 4.91. The molecule has 0 aliphatic heterocycles. The highest BCUT2D eigenvalue weighted by Crippen LogP contribution is 2.27. The van der Waals surface area contributed by atoms with Gasteiger partial charge in [0.05, 0.1) is 0 Å². The summed E-state index contributed by atoms with van der Waals surface area (Å²) in [6.07, 6.45) is 0. The molecule has 1 nitrogen and oxygen atoms in total. The molecule has 1 unspecified atom stereocenters. The molecule has 0 aliphatic carbocycles. The van der Waals surface area contributed by atoms with Gasteiger partial charge in [-0.2, -0.15) is 0 Å². The maximum Gasteiger partial charge on any atom is 0.0468 e. The molecule has 0 fully saturated rings. The zero-order valence-corrected chi connectivity index (χ0v) is 13.6. The Hall–Kier alpha value is -0.540. The van der Waals surface area contributed by atoms with Crippen LogP contribution in [0.1, 0.15) is 33.8 Å². The summed E-state index contributed by atoms with van der Waals surface area (Å²) in [6.45, 7) is 7.28. The van der Waals surface area contributed by atoms with Crippen LogP contribution in [-0.2, 0) is 6.54 Å². The molecule has 19 heavy (non-hydrogen) atoms. The topological polar surface area (TPSA) is 12.0 Å². The van der Waals surface area contributed by atoms with Crippen molar-refractivity contribution < 1.29 is 0 Å². The molecule has 0 spiro atoms. The van der Waals surface area contributed by atoms with Crippen molar-refractivity contribution in [1.82, 2.24) is 5.32 Å². The third-order valence-electron chi connectivity index (χ3n) is 3.23. The maximum atomic E-state index is 6.21. The van der Waals surface area contributed by atoms with E-state index in [-0.39, 0.29) is 6.04 Å². The van der Waals surface area contributed by atoms with E-state index in [1.54, 1.807) is 6.07 Å². The van der Waals surface area contributed by atoms with Gasteiger partial charge >= 0.3 is 0 Å². The van der Waals surface area contributed by atoms with Crippen molar-refractivity contribution in [2.24, 2.45) is 0 Å². The van der Waals surface area contributed by atoms with Gasteiger partial charge in [-0.3, -0.25) is 0 Å². The predicted octanol–water partition coefficient (Wildman–Crippen LogP) is 5.52. The fraction of sp³-hybridized carbons (Fsp3) is 0.333. The monoisotopic (exact) mass is 313 g/mol. The van der Waals surface area contributed by atoms with Crippen molar-refractivity contribution in [3.05, 3.63) is 55.2 Å². The van der Waals surface area contributed by atoms with E-state index in [1.165, 1.54) is 15.3 Å².